The lowest BCUT2D eigenvalue weighted by Crippen LogP contribution is -2.20. The summed E-state index contributed by atoms with van der Waals surface area (Å²) in [5.74, 6) is 0. The number of nitrogens with zero attached hydrogens (tertiary/aromatic N) is 2. The van der Waals surface area contributed by atoms with E-state index in [1.165, 1.54) is 55.3 Å². The minimum Gasteiger partial charge on any atom is -0.310 e. The van der Waals surface area contributed by atoms with E-state index in [4.69, 9.17) is 0 Å². The van der Waals surface area contributed by atoms with Crippen molar-refractivity contribution in [1.29, 1.82) is 0 Å². The topological polar surface area (TPSA) is 6.48 Å². The second-order valence-electron chi connectivity index (χ2n) is 16.6. The van der Waals surface area contributed by atoms with Gasteiger partial charge in [-0.05, 0) is 105 Å². The zero-order valence-corrected chi connectivity index (χ0v) is 34.3. The Balaban J connectivity index is 1.31. The minimum absolute atomic E-state index is 0.0269. The number of para-hydroxylation sites is 2. The Labute approximate surface area is 354 Å². The summed E-state index contributed by atoms with van der Waals surface area (Å²) in [4.78, 5) is 4.90. The molecule has 10 rings (SSSR count). The van der Waals surface area contributed by atoms with Gasteiger partial charge in [0.1, 0.15) is 0 Å². The van der Waals surface area contributed by atoms with Crippen molar-refractivity contribution in [3.63, 3.8) is 0 Å². The average Bonchev–Trinajstić information content (AvgIpc) is 3.30. The van der Waals surface area contributed by atoms with Crippen LogP contribution >= 0.6 is 0 Å². The van der Waals surface area contributed by atoms with Crippen molar-refractivity contribution in [3.05, 3.63) is 252 Å². The Morgan fingerprint density at radius 3 is 1.65 bits per heavy atom. The van der Waals surface area contributed by atoms with E-state index in [0.717, 1.165) is 39.7 Å². The van der Waals surface area contributed by atoms with Crippen molar-refractivity contribution in [2.45, 2.75) is 26.2 Å². The average molecular weight is 771 g/mol. The molecule has 60 heavy (non-hydrogen) atoms. The second kappa shape index (κ2) is 15.4. The number of anilines is 6. The summed E-state index contributed by atoms with van der Waals surface area (Å²) in [6.07, 6.45) is 0. The van der Waals surface area contributed by atoms with E-state index in [0.29, 0.717) is 0 Å². The summed E-state index contributed by atoms with van der Waals surface area (Å²) < 4.78 is 0. The molecule has 0 spiro atoms. The minimum atomic E-state index is -0.0269. The van der Waals surface area contributed by atoms with Crippen LogP contribution in [0.25, 0.3) is 33.0 Å². The van der Waals surface area contributed by atoms with E-state index < -0.39 is 0 Å². The maximum atomic E-state index is 2.47. The van der Waals surface area contributed by atoms with Crippen LogP contribution in [0.2, 0.25) is 0 Å². The molecule has 0 N–H and O–H groups in total. The molecular formula is C58H46N2. The lowest BCUT2D eigenvalue weighted by molar-refractivity contribution is 0.590. The maximum Gasteiger partial charge on any atom is 0.0542 e. The Morgan fingerprint density at radius 2 is 0.967 bits per heavy atom. The zero-order valence-electron chi connectivity index (χ0n) is 34.3. The molecule has 0 saturated heterocycles. The van der Waals surface area contributed by atoms with Gasteiger partial charge >= 0.3 is 0 Å². The van der Waals surface area contributed by atoms with E-state index in [2.05, 4.69) is 255 Å². The monoisotopic (exact) mass is 770 g/mol. The lowest BCUT2D eigenvalue weighted by Gasteiger charge is -2.37. The van der Waals surface area contributed by atoms with Gasteiger partial charge in [0.25, 0.3) is 0 Å². The van der Waals surface area contributed by atoms with Crippen LogP contribution in [0.15, 0.2) is 224 Å². The molecule has 0 unspecified atom stereocenters. The van der Waals surface area contributed by atoms with Gasteiger partial charge in [-0.1, -0.05) is 185 Å². The largest absolute Gasteiger partial charge is 0.310 e. The first-order valence-corrected chi connectivity index (χ1v) is 20.9. The molecule has 0 aliphatic carbocycles. The smallest absolute Gasteiger partial charge is 0.0542 e. The van der Waals surface area contributed by atoms with E-state index in [9.17, 15) is 0 Å². The van der Waals surface area contributed by atoms with E-state index in [1.807, 2.05) is 0 Å². The van der Waals surface area contributed by atoms with Crippen LogP contribution < -0.4 is 9.80 Å². The molecule has 0 fully saturated rings. The van der Waals surface area contributed by atoms with Gasteiger partial charge in [0.15, 0.2) is 0 Å². The Morgan fingerprint density at radius 1 is 0.417 bits per heavy atom. The third-order valence-electron chi connectivity index (χ3n) is 11.7. The fraction of sp³-hybridized carbons (Fsp3) is 0.0690. The van der Waals surface area contributed by atoms with E-state index in [1.54, 1.807) is 0 Å². The van der Waals surface area contributed by atoms with Gasteiger partial charge in [-0.2, -0.15) is 0 Å². The molecule has 288 valence electrons. The molecule has 0 amide bonds. The van der Waals surface area contributed by atoms with Gasteiger partial charge in [0.05, 0.1) is 17.1 Å². The van der Waals surface area contributed by atoms with E-state index >= 15 is 0 Å². The third kappa shape index (κ3) is 6.76. The van der Waals surface area contributed by atoms with Gasteiger partial charge in [-0.25, -0.2) is 0 Å². The first-order chi connectivity index (χ1) is 29.4. The molecule has 9 aromatic rings. The molecule has 1 aliphatic heterocycles. The molecule has 0 atom stereocenters. The van der Waals surface area contributed by atoms with Crippen molar-refractivity contribution in [2.24, 2.45) is 0 Å². The quantitative estimate of drug-likeness (QED) is 0.159. The number of rotatable bonds is 7. The molecular weight excluding hydrogens is 725 g/mol. The molecule has 0 aromatic heterocycles. The summed E-state index contributed by atoms with van der Waals surface area (Å²) in [6, 6.07) is 81.9. The first-order valence-electron chi connectivity index (χ1n) is 20.9. The van der Waals surface area contributed by atoms with Crippen molar-refractivity contribution in [2.75, 3.05) is 9.80 Å². The van der Waals surface area contributed by atoms with Gasteiger partial charge in [0, 0.05) is 39.3 Å². The highest BCUT2D eigenvalue weighted by Crippen LogP contribution is 2.54. The zero-order chi connectivity index (χ0) is 40.6. The third-order valence-corrected chi connectivity index (χ3v) is 11.7. The van der Waals surface area contributed by atoms with Gasteiger partial charge in [-0.3, -0.25) is 0 Å². The van der Waals surface area contributed by atoms with Crippen molar-refractivity contribution in [3.8, 4) is 11.1 Å². The maximum absolute atomic E-state index is 2.47. The van der Waals surface area contributed by atoms with Crippen molar-refractivity contribution in [1.82, 2.24) is 0 Å². The second-order valence-corrected chi connectivity index (χ2v) is 16.6. The Bertz CT molecular complexity index is 2960. The van der Waals surface area contributed by atoms with Gasteiger partial charge < -0.3 is 9.80 Å². The van der Waals surface area contributed by atoms with Crippen LogP contribution in [0.1, 0.15) is 48.6 Å². The predicted molar refractivity (Wildman–Crippen MR) is 255 cm³/mol. The molecule has 1 heterocycles. The normalized spacial score (nSPS) is 12.2. The number of hydrogen-bond acceptors (Lipinski definition) is 2. The molecule has 2 heteroatoms. The van der Waals surface area contributed by atoms with E-state index in [-0.39, 0.29) is 5.41 Å². The number of hydrogen-bond donors (Lipinski definition) is 0. The van der Waals surface area contributed by atoms with Crippen LogP contribution in [-0.2, 0) is 5.41 Å². The fourth-order valence-electron chi connectivity index (χ4n) is 8.79. The first kappa shape index (κ1) is 36.9. The van der Waals surface area contributed by atoms with Gasteiger partial charge in [0.2, 0.25) is 0 Å². The summed E-state index contributed by atoms with van der Waals surface area (Å²) in [6.45, 7) is 6.88. The molecule has 1 aliphatic rings. The number of benzene rings is 9. The molecule has 0 radical (unpaired) electrons. The standard InChI is InChI=1S/C58H46N2/c1-58(2,3)46-33-36-54(51(39-46)42-21-8-4-9-22-42)59(48-34-32-41-20-16-17-27-45(41)38-48)49-35-37-55-52(40-49)57(56(43-23-10-5-11-24-43)44-25-12-6-13-26-44)50-30-18-19-31-53(50)60(55)47-28-14-7-15-29-47/h4-40H,1-3H3. The summed E-state index contributed by atoms with van der Waals surface area (Å²) in [7, 11) is 0. The number of fused-ring (bicyclic) bond motifs is 3. The highest BCUT2D eigenvalue weighted by molar-refractivity contribution is 6.13. The summed E-state index contributed by atoms with van der Waals surface area (Å²) in [5, 5.41) is 2.42. The Kier molecular flexibility index (Phi) is 9.47. The molecule has 9 aromatic carbocycles. The van der Waals surface area contributed by atoms with Crippen LogP contribution in [-0.4, -0.2) is 0 Å². The van der Waals surface area contributed by atoms with Crippen LogP contribution in [0, 0.1) is 0 Å². The fourth-order valence-corrected chi connectivity index (χ4v) is 8.79. The Hall–Kier alpha value is -7.42. The van der Waals surface area contributed by atoms with Crippen LogP contribution in [0.4, 0.5) is 34.1 Å². The van der Waals surface area contributed by atoms with Gasteiger partial charge in [-0.15, -0.1) is 0 Å². The highest BCUT2D eigenvalue weighted by atomic mass is 15.2. The molecule has 2 nitrogen and oxygen atoms in total. The summed E-state index contributed by atoms with van der Waals surface area (Å²) >= 11 is 0. The lowest BCUT2D eigenvalue weighted by atomic mass is 9.81. The highest BCUT2D eigenvalue weighted by Gasteiger charge is 2.32. The van der Waals surface area contributed by atoms with Crippen molar-refractivity contribution >= 4 is 56.0 Å². The predicted octanol–water partition coefficient (Wildman–Crippen LogP) is 16.1. The summed E-state index contributed by atoms with van der Waals surface area (Å²) in [5.41, 5.74) is 17.5. The molecule has 0 bridgehead atoms. The van der Waals surface area contributed by atoms with Crippen LogP contribution in [0.3, 0.4) is 0 Å². The van der Waals surface area contributed by atoms with Crippen molar-refractivity contribution < 1.29 is 0 Å². The molecule has 0 saturated carbocycles. The van der Waals surface area contributed by atoms with Crippen LogP contribution in [0.5, 0.6) is 0 Å². The SMILES string of the molecule is CC(C)(C)c1ccc(N(c2ccc3c(c2)C(=C(c2ccccc2)c2ccccc2)c2ccccc2N3c2ccccc2)c2ccc3ccccc3c2)c(-c2ccccc2)c1.